The zero-order valence-corrected chi connectivity index (χ0v) is 12.7. The fourth-order valence-electron chi connectivity index (χ4n) is 3.24. The summed E-state index contributed by atoms with van der Waals surface area (Å²) in [6, 6.07) is 10.8. The molecule has 0 spiro atoms. The lowest BCUT2D eigenvalue weighted by Gasteiger charge is -2.39. The molecule has 1 aromatic carbocycles. The van der Waals surface area contributed by atoms with E-state index in [-0.39, 0.29) is 11.9 Å². The van der Waals surface area contributed by atoms with Crippen LogP contribution in [0.15, 0.2) is 30.3 Å². The smallest absolute Gasteiger partial charge is 0.0924 e. The highest BCUT2D eigenvalue weighted by atomic mass is 15.2. The first-order chi connectivity index (χ1) is 9.58. The van der Waals surface area contributed by atoms with Crippen LogP contribution >= 0.6 is 0 Å². The van der Waals surface area contributed by atoms with Crippen LogP contribution in [0.1, 0.15) is 44.7 Å². The fraction of sp³-hybridized carbons (Fsp3) is 0.588. The van der Waals surface area contributed by atoms with Crippen LogP contribution in [0.2, 0.25) is 0 Å². The van der Waals surface area contributed by atoms with E-state index < -0.39 is 0 Å². The number of hydrogen-bond donors (Lipinski definition) is 2. The molecule has 0 bridgehead atoms. The highest BCUT2D eigenvalue weighted by Crippen LogP contribution is 2.31. The van der Waals surface area contributed by atoms with E-state index in [0.717, 1.165) is 24.9 Å². The maximum absolute atomic E-state index is 7.65. The number of benzene rings is 1. The van der Waals surface area contributed by atoms with Gasteiger partial charge in [-0.3, -0.25) is 10.3 Å². The fourth-order valence-corrected chi connectivity index (χ4v) is 3.24. The SMILES string of the molecule is CC(C)C1CCN(C(CC(=N)N)c2ccccc2)CC1. The number of amidine groups is 1. The number of likely N-dealkylation sites (tertiary alicyclic amines) is 1. The summed E-state index contributed by atoms with van der Waals surface area (Å²) in [4.78, 5) is 2.51. The number of nitrogens with one attached hydrogen (secondary N) is 1. The van der Waals surface area contributed by atoms with Crippen LogP contribution in [-0.4, -0.2) is 23.8 Å². The van der Waals surface area contributed by atoms with Crippen molar-refractivity contribution in [2.24, 2.45) is 17.6 Å². The Morgan fingerprint density at radius 1 is 1.25 bits per heavy atom. The summed E-state index contributed by atoms with van der Waals surface area (Å²) in [5.74, 6) is 1.91. The molecule has 1 atom stereocenters. The van der Waals surface area contributed by atoms with E-state index in [9.17, 15) is 0 Å². The summed E-state index contributed by atoms with van der Waals surface area (Å²) in [6.07, 6.45) is 3.16. The summed E-state index contributed by atoms with van der Waals surface area (Å²) in [5.41, 5.74) is 6.95. The van der Waals surface area contributed by atoms with Crippen molar-refractivity contribution in [3.8, 4) is 0 Å². The molecule has 0 radical (unpaired) electrons. The van der Waals surface area contributed by atoms with Gasteiger partial charge in [0.1, 0.15) is 0 Å². The van der Waals surface area contributed by atoms with Crippen molar-refractivity contribution in [2.75, 3.05) is 13.1 Å². The number of piperidine rings is 1. The molecule has 1 saturated heterocycles. The first-order valence-electron chi connectivity index (χ1n) is 7.70. The van der Waals surface area contributed by atoms with E-state index in [4.69, 9.17) is 11.1 Å². The van der Waals surface area contributed by atoms with E-state index in [1.807, 2.05) is 6.07 Å². The van der Waals surface area contributed by atoms with Crippen LogP contribution in [-0.2, 0) is 0 Å². The van der Waals surface area contributed by atoms with Gasteiger partial charge in [-0.05, 0) is 43.3 Å². The number of hydrogen-bond acceptors (Lipinski definition) is 2. The molecule has 3 heteroatoms. The Morgan fingerprint density at radius 3 is 2.35 bits per heavy atom. The molecule has 110 valence electrons. The molecule has 0 aliphatic carbocycles. The topological polar surface area (TPSA) is 53.1 Å². The normalized spacial score (nSPS) is 19.1. The van der Waals surface area contributed by atoms with Crippen LogP contribution in [0.5, 0.6) is 0 Å². The zero-order chi connectivity index (χ0) is 14.5. The average Bonchev–Trinajstić information content (AvgIpc) is 2.45. The van der Waals surface area contributed by atoms with Crippen molar-refractivity contribution in [1.29, 1.82) is 5.41 Å². The summed E-state index contributed by atoms with van der Waals surface area (Å²) in [6.45, 7) is 6.89. The summed E-state index contributed by atoms with van der Waals surface area (Å²) in [7, 11) is 0. The summed E-state index contributed by atoms with van der Waals surface area (Å²) < 4.78 is 0. The molecule has 1 fully saturated rings. The molecule has 1 unspecified atom stereocenters. The standard InChI is InChI=1S/C17H27N3/c1-13(2)14-8-10-20(11-9-14)16(12-17(18)19)15-6-4-3-5-7-15/h3-7,13-14,16H,8-12H2,1-2H3,(H3,18,19). The Labute approximate surface area is 122 Å². The molecule has 0 aromatic heterocycles. The van der Waals surface area contributed by atoms with Crippen LogP contribution in [0.4, 0.5) is 0 Å². The molecule has 0 saturated carbocycles. The van der Waals surface area contributed by atoms with Crippen LogP contribution in [0.3, 0.4) is 0 Å². The molecule has 3 nitrogen and oxygen atoms in total. The predicted octanol–water partition coefficient (Wildman–Crippen LogP) is 3.42. The second-order valence-corrected chi connectivity index (χ2v) is 6.27. The van der Waals surface area contributed by atoms with Gasteiger partial charge >= 0.3 is 0 Å². The Bertz CT molecular complexity index is 419. The molecule has 1 heterocycles. The molecule has 1 aromatic rings. The summed E-state index contributed by atoms with van der Waals surface area (Å²) in [5, 5.41) is 7.65. The van der Waals surface area contributed by atoms with Gasteiger partial charge in [-0.15, -0.1) is 0 Å². The molecule has 0 amide bonds. The minimum Gasteiger partial charge on any atom is -0.388 e. The Kier molecular flexibility index (Phi) is 5.18. The molecular formula is C17H27N3. The molecule has 1 aliphatic heterocycles. The second kappa shape index (κ2) is 6.89. The maximum Gasteiger partial charge on any atom is 0.0924 e. The van der Waals surface area contributed by atoms with Crippen LogP contribution in [0.25, 0.3) is 0 Å². The van der Waals surface area contributed by atoms with E-state index in [2.05, 4.69) is 43.0 Å². The van der Waals surface area contributed by atoms with Gasteiger partial charge in [-0.2, -0.15) is 0 Å². The first-order valence-corrected chi connectivity index (χ1v) is 7.70. The number of nitrogens with two attached hydrogens (primary N) is 1. The van der Waals surface area contributed by atoms with E-state index in [1.165, 1.54) is 18.4 Å². The third-order valence-electron chi connectivity index (χ3n) is 4.56. The molecule has 20 heavy (non-hydrogen) atoms. The highest BCUT2D eigenvalue weighted by molar-refractivity contribution is 5.77. The zero-order valence-electron chi connectivity index (χ0n) is 12.7. The molecule has 1 aliphatic rings. The third kappa shape index (κ3) is 3.83. The van der Waals surface area contributed by atoms with Crippen LogP contribution in [0, 0.1) is 17.2 Å². The maximum atomic E-state index is 7.65. The van der Waals surface area contributed by atoms with Crippen LogP contribution < -0.4 is 5.73 Å². The Balaban J connectivity index is 2.07. The van der Waals surface area contributed by atoms with Crippen molar-refractivity contribution >= 4 is 5.84 Å². The first kappa shape index (κ1) is 15.0. The van der Waals surface area contributed by atoms with Crippen molar-refractivity contribution in [1.82, 2.24) is 4.90 Å². The van der Waals surface area contributed by atoms with Gasteiger partial charge in [0.05, 0.1) is 5.84 Å². The summed E-state index contributed by atoms with van der Waals surface area (Å²) >= 11 is 0. The largest absolute Gasteiger partial charge is 0.388 e. The lowest BCUT2D eigenvalue weighted by molar-refractivity contribution is 0.117. The van der Waals surface area contributed by atoms with Crippen molar-refractivity contribution in [3.05, 3.63) is 35.9 Å². The third-order valence-corrected chi connectivity index (χ3v) is 4.56. The van der Waals surface area contributed by atoms with Crippen molar-refractivity contribution in [2.45, 2.75) is 39.2 Å². The minimum absolute atomic E-state index is 0.266. The van der Waals surface area contributed by atoms with Crippen molar-refractivity contribution in [3.63, 3.8) is 0 Å². The van der Waals surface area contributed by atoms with Gasteiger partial charge in [-0.1, -0.05) is 44.2 Å². The van der Waals surface area contributed by atoms with Gasteiger partial charge in [0.25, 0.3) is 0 Å². The minimum atomic E-state index is 0.266. The van der Waals surface area contributed by atoms with Gasteiger partial charge in [-0.25, -0.2) is 0 Å². The lowest BCUT2D eigenvalue weighted by Crippen LogP contribution is -2.39. The quantitative estimate of drug-likeness (QED) is 0.638. The monoisotopic (exact) mass is 273 g/mol. The Morgan fingerprint density at radius 2 is 1.85 bits per heavy atom. The predicted molar refractivity (Wildman–Crippen MR) is 84.8 cm³/mol. The molecule has 3 N–H and O–H groups in total. The van der Waals surface area contributed by atoms with E-state index in [1.54, 1.807) is 0 Å². The lowest BCUT2D eigenvalue weighted by atomic mass is 9.85. The number of rotatable bonds is 5. The van der Waals surface area contributed by atoms with E-state index >= 15 is 0 Å². The second-order valence-electron chi connectivity index (χ2n) is 6.27. The van der Waals surface area contributed by atoms with Crippen molar-refractivity contribution < 1.29 is 0 Å². The van der Waals surface area contributed by atoms with E-state index in [0.29, 0.717) is 6.42 Å². The molecular weight excluding hydrogens is 246 g/mol. The average molecular weight is 273 g/mol. The Hall–Kier alpha value is -1.35. The highest BCUT2D eigenvalue weighted by Gasteiger charge is 2.27. The number of nitrogens with zero attached hydrogens (tertiary/aromatic N) is 1. The van der Waals surface area contributed by atoms with Gasteiger partial charge in [0.2, 0.25) is 0 Å². The van der Waals surface area contributed by atoms with Gasteiger partial charge < -0.3 is 5.73 Å². The van der Waals surface area contributed by atoms with Gasteiger partial charge in [0, 0.05) is 12.5 Å². The molecule has 2 rings (SSSR count). The van der Waals surface area contributed by atoms with Gasteiger partial charge in [0.15, 0.2) is 0 Å².